The molecule has 247 valence electrons. The molecule has 3 aromatic rings. The molecule has 0 unspecified atom stereocenters. The molecule has 0 atom stereocenters. The van der Waals surface area contributed by atoms with Gasteiger partial charge in [0.05, 0.1) is 22.8 Å². The van der Waals surface area contributed by atoms with Crippen LogP contribution in [-0.4, -0.2) is 9.97 Å². The number of aromatic nitrogens is 4. The van der Waals surface area contributed by atoms with Gasteiger partial charge in [0.1, 0.15) is 0 Å². The van der Waals surface area contributed by atoms with E-state index < -0.39 is 10.2 Å². The molecule has 0 amide bonds. The minimum absolute atomic E-state index is 0. The Kier molecular flexibility index (Phi) is 13.0. The smallest absolute Gasteiger partial charge is 0.657 e. The third kappa shape index (κ3) is 7.69. The molecule has 5 heterocycles. The topological polar surface area (TPSA) is 146 Å². The summed E-state index contributed by atoms with van der Waals surface area (Å²) in [7, 11) is -4.94. The van der Waals surface area contributed by atoms with E-state index in [0.29, 0.717) is 0 Å². The Labute approximate surface area is 285 Å². The Morgan fingerprint density at radius 2 is 0.674 bits per heavy atom. The van der Waals surface area contributed by atoms with Crippen molar-refractivity contribution in [3.63, 3.8) is 0 Å². The number of aryl methyl sites for hydroxylation is 4. The third-order valence-corrected chi connectivity index (χ3v) is 8.82. The summed E-state index contributed by atoms with van der Waals surface area (Å²) in [4.78, 5) is 21.0. The number of hydrogen-bond donors (Lipinski definition) is 0. The van der Waals surface area contributed by atoms with Gasteiger partial charge in [-0.3, -0.25) is 0 Å². The average Bonchev–Trinajstić information content (AvgIpc) is 3.71. The van der Waals surface area contributed by atoms with E-state index >= 15 is 0 Å². The van der Waals surface area contributed by atoms with Gasteiger partial charge in [0.2, 0.25) is 0 Å². The third-order valence-electron chi connectivity index (χ3n) is 8.82. The van der Waals surface area contributed by atoms with Crippen LogP contribution in [0.1, 0.15) is 126 Å². The van der Waals surface area contributed by atoms with E-state index in [1.807, 2.05) is 0 Å². The van der Waals surface area contributed by atoms with E-state index in [4.69, 9.17) is 38.6 Å². The summed E-state index contributed by atoms with van der Waals surface area (Å²) < 4.78 is 34.0. The predicted octanol–water partition coefficient (Wildman–Crippen LogP) is 4.53. The van der Waals surface area contributed by atoms with Crippen molar-refractivity contribution < 1.29 is 45.9 Å². The van der Waals surface area contributed by atoms with E-state index in [9.17, 15) is 0 Å². The molecule has 0 fully saturated rings. The van der Waals surface area contributed by atoms with Crippen LogP contribution < -0.4 is 28.6 Å². The molecule has 10 heteroatoms. The number of hydrogen-bond acceptors (Lipinski definition) is 6. The molecule has 0 saturated carbocycles. The van der Waals surface area contributed by atoms with Crippen molar-refractivity contribution in [3.05, 3.63) is 69.3 Å². The van der Waals surface area contributed by atoms with Crippen LogP contribution in [0.5, 0.6) is 0 Å². The van der Waals surface area contributed by atoms with Crippen molar-refractivity contribution in [2.45, 2.75) is 107 Å². The quantitative estimate of drug-likeness (QED) is 0.314. The molecule has 1 radical (unpaired) electrons. The Morgan fingerprint density at radius 1 is 0.435 bits per heavy atom. The maximum Gasteiger partial charge on any atom is 3.00 e. The number of fused-ring (bicyclic) bond motifs is 8. The van der Waals surface area contributed by atoms with Gasteiger partial charge in [0, 0.05) is 0 Å². The molecule has 0 aromatic carbocycles. The molecule has 2 aliphatic heterocycles. The van der Waals surface area contributed by atoms with Crippen LogP contribution in [0.4, 0.5) is 0 Å². The van der Waals surface area contributed by atoms with Gasteiger partial charge in [-0.1, -0.05) is 95.8 Å². The van der Waals surface area contributed by atoms with Crippen molar-refractivity contribution in [3.8, 4) is 0 Å². The first kappa shape index (κ1) is 37.7. The standard InChI is InChI=1S/C36H44N4.ClHO4.Fe/c1-9-21-22(10-2)30-18-32-25(13-5)26(14-6)34(39-32)20-36-28(16-8)27(15-7)35(40-36)19-33-24(12-4)23(11-3)31(38-33)17-29(21)37-30;2-1(3,4)5;/h17-20H,9-16H2,1-8H3;(H,2,3,4,5);/q-2;;+3/p-1. The second-order valence-corrected chi connectivity index (χ2v) is 11.9. The Hall–Kier alpha value is -2.75. The maximum atomic E-state index is 8.49. The molecule has 46 heavy (non-hydrogen) atoms. The molecule has 0 N–H and O–H groups in total. The first-order valence-electron chi connectivity index (χ1n) is 16.2. The summed E-state index contributed by atoms with van der Waals surface area (Å²) in [5, 5.41) is 0. The summed E-state index contributed by atoms with van der Waals surface area (Å²) in [5.41, 5.74) is 19.1. The van der Waals surface area contributed by atoms with Gasteiger partial charge in [-0.15, -0.1) is 32.3 Å². The summed E-state index contributed by atoms with van der Waals surface area (Å²) in [5.74, 6) is 0. The first-order valence-corrected chi connectivity index (χ1v) is 17.4. The fourth-order valence-electron chi connectivity index (χ4n) is 6.92. The fraction of sp³-hybridized carbons (Fsp3) is 0.444. The van der Waals surface area contributed by atoms with Crippen molar-refractivity contribution in [1.29, 1.82) is 0 Å². The number of allylic oxidation sites excluding steroid dienone is 4. The number of rotatable bonds is 8. The molecule has 5 rings (SSSR count). The first-order chi connectivity index (χ1) is 21.5. The van der Waals surface area contributed by atoms with E-state index in [1.165, 1.54) is 44.5 Å². The minimum atomic E-state index is -4.94. The largest absolute Gasteiger partial charge is 3.00 e. The number of nitrogens with zero attached hydrogens (tertiary/aromatic N) is 4. The Balaban J connectivity index is 0.000000892. The maximum absolute atomic E-state index is 8.49. The Morgan fingerprint density at radius 3 is 0.913 bits per heavy atom. The second-order valence-electron chi connectivity index (χ2n) is 11.1. The summed E-state index contributed by atoms with van der Waals surface area (Å²) >= 11 is 0. The zero-order chi connectivity index (χ0) is 33.1. The molecular formula is C36H44ClFeN4O4. The van der Waals surface area contributed by atoms with Gasteiger partial charge in [0.15, 0.2) is 0 Å². The van der Waals surface area contributed by atoms with Crippen LogP contribution in [0.3, 0.4) is 0 Å². The van der Waals surface area contributed by atoms with Crippen LogP contribution >= 0.6 is 0 Å². The van der Waals surface area contributed by atoms with Crippen molar-refractivity contribution in [1.82, 2.24) is 19.9 Å². The van der Waals surface area contributed by atoms with E-state index in [2.05, 4.69) is 79.7 Å². The van der Waals surface area contributed by atoms with Crippen LogP contribution in [0.2, 0.25) is 0 Å². The zero-order valence-corrected chi connectivity index (χ0v) is 30.0. The van der Waals surface area contributed by atoms with Gasteiger partial charge in [-0.2, -0.15) is 0 Å². The van der Waals surface area contributed by atoms with Crippen molar-refractivity contribution in [2.24, 2.45) is 0 Å². The normalized spacial score (nSPS) is 13.1. The van der Waals surface area contributed by atoms with Crippen LogP contribution in [0.15, 0.2) is 24.3 Å². The predicted molar refractivity (Wildman–Crippen MR) is 171 cm³/mol. The van der Waals surface area contributed by atoms with Crippen LogP contribution in [-0.2, 0) is 42.8 Å². The average molecular weight is 688 g/mol. The summed E-state index contributed by atoms with van der Waals surface area (Å²) in [6.07, 6.45) is 7.60. The summed E-state index contributed by atoms with van der Waals surface area (Å²) in [6.45, 7) is 17.9. The van der Waals surface area contributed by atoms with E-state index in [-0.39, 0.29) is 17.1 Å². The molecule has 3 aromatic heterocycles. The van der Waals surface area contributed by atoms with Gasteiger partial charge in [-0.05, 0) is 79.7 Å². The van der Waals surface area contributed by atoms with Gasteiger partial charge in [0.25, 0.3) is 0 Å². The van der Waals surface area contributed by atoms with Crippen LogP contribution in [0, 0.1) is 10.2 Å². The molecule has 8 nitrogen and oxygen atoms in total. The zero-order valence-electron chi connectivity index (χ0n) is 28.1. The fourth-order valence-corrected chi connectivity index (χ4v) is 6.92. The molecule has 0 aliphatic carbocycles. The molecule has 8 bridgehead atoms. The van der Waals surface area contributed by atoms with E-state index in [1.54, 1.807) is 0 Å². The van der Waals surface area contributed by atoms with Crippen molar-refractivity contribution >= 4 is 44.4 Å². The SMILES string of the molecule is CCC1=C(CC)c2cc3[n-]c(cc4[n-]c(cc5nc(cc1n2)C(CC)=C5CC)c(CC)c4CC)c(CC)c3CC.[Fe+3].[O-][Cl+3]([O-])([O-])[O-]. The van der Waals surface area contributed by atoms with Gasteiger partial charge < -0.3 is 9.97 Å². The molecule has 0 saturated heterocycles. The monoisotopic (exact) mass is 687 g/mol. The second kappa shape index (κ2) is 15.9. The van der Waals surface area contributed by atoms with Crippen LogP contribution in [0.25, 0.3) is 44.4 Å². The van der Waals surface area contributed by atoms with Gasteiger partial charge >= 0.3 is 17.1 Å². The van der Waals surface area contributed by atoms with E-state index in [0.717, 1.165) is 96.2 Å². The van der Waals surface area contributed by atoms with Gasteiger partial charge in [-0.25, -0.2) is 28.6 Å². The minimum Gasteiger partial charge on any atom is -0.657 e. The Bertz CT molecular complexity index is 1670. The molecule has 0 spiro atoms. The summed E-state index contributed by atoms with van der Waals surface area (Å²) in [6, 6.07) is 8.98. The number of halogens is 1. The molecular weight excluding hydrogens is 644 g/mol. The molecule has 2 aliphatic rings. The van der Waals surface area contributed by atoms with Crippen molar-refractivity contribution in [2.75, 3.05) is 0 Å².